The maximum absolute atomic E-state index is 13.3. The number of allylic oxidation sites excluding steroid dienone is 1. The van der Waals surface area contributed by atoms with E-state index >= 15 is 0 Å². The number of aliphatic hydroxyl groups is 1. The summed E-state index contributed by atoms with van der Waals surface area (Å²) >= 11 is 6.30. The predicted molar refractivity (Wildman–Crippen MR) is 170 cm³/mol. The number of carboxylic acids is 1. The molecule has 3 aliphatic rings. The van der Waals surface area contributed by atoms with Crippen molar-refractivity contribution < 1.29 is 33.0 Å². The number of fused-ring (bicyclic) bond motifs is 3. The number of sulfonamides is 1. The molecular weight excluding hydrogens is 604 g/mol. The molecule has 0 aromatic heterocycles. The van der Waals surface area contributed by atoms with Crippen LogP contribution in [0.4, 0.5) is 5.69 Å². The number of amides is 1. The predicted octanol–water partition coefficient (Wildman–Crippen LogP) is 5.34. The van der Waals surface area contributed by atoms with E-state index in [0.29, 0.717) is 42.4 Å². The molecule has 1 amide bonds. The van der Waals surface area contributed by atoms with Crippen molar-refractivity contribution in [2.24, 2.45) is 17.8 Å². The monoisotopic (exact) mass is 644 g/mol. The molecule has 11 heteroatoms. The standard InChI is InChI=1S/C33H41ClN2O7S/c1-21-6-5-14-33(40,18-31(37)38)28-12-9-25(28)19-36-15-4-3-7-23-16-27(34)11-8-26(23)20-43-30-13-10-24(17-29(30)36)32(39)35-44(41,42)22(21)2/h5,8,10-11,13-14,16-17,21-22,25,28,40H,3-4,6-7,9,12,15,18-20H2,1-2H3,(H,35,39)(H,37,38)/b14-5+/t21-,22+,25-,28+,33+/m0/s1. The Morgan fingerprint density at radius 2 is 1.93 bits per heavy atom. The first-order chi connectivity index (χ1) is 20.9. The van der Waals surface area contributed by atoms with Gasteiger partial charge in [-0.3, -0.25) is 9.59 Å². The molecule has 0 spiro atoms. The maximum Gasteiger partial charge on any atom is 0.306 e. The van der Waals surface area contributed by atoms with Crippen LogP contribution in [0.25, 0.3) is 0 Å². The van der Waals surface area contributed by atoms with Crippen molar-refractivity contribution in [1.29, 1.82) is 0 Å². The third-order valence-corrected chi connectivity index (χ3v) is 11.8. The van der Waals surface area contributed by atoms with Gasteiger partial charge in [-0.1, -0.05) is 36.7 Å². The highest BCUT2D eigenvalue weighted by Crippen LogP contribution is 2.46. The molecule has 9 nitrogen and oxygen atoms in total. The molecule has 1 fully saturated rings. The number of benzene rings is 2. The topological polar surface area (TPSA) is 133 Å². The van der Waals surface area contributed by atoms with Crippen LogP contribution in [0.15, 0.2) is 48.6 Å². The number of hydrogen-bond donors (Lipinski definition) is 3. The number of anilines is 1. The molecule has 1 aliphatic carbocycles. The van der Waals surface area contributed by atoms with Crippen LogP contribution in [-0.2, 0) is 27.8 Å². The number of carbonyl (C=O) groups is 2. The zero-order chi connectivity index (χ0) is 31.6. The van der Waals surface area contributed by atoms with E-state index in [4.69, 9.17) is 16.3 Å². The normalized spacial score (nSPS) is 29.8. The second-order valence-electron chi connectivity index (χ2n) is 12.6. The first-order valence-electron chi connectivity index (χ1n) is 15.3. The van der Waals surface area contributed by atoms with E-state index in [2.05, 4.69) is 9.62 Å². The van der Waals surface area contributed by atoms with Crippen LogP contribution >= 0.6 is 11.6 Å². The second kappa shape index (κ2) is 13.1. The van der Waals surface area contributed by atoms with Gasteiger partial charge >= 0.3 is 5.97 Å². The Morgan fingerprint density at radius 1 is 1.14 bits per heavy atom. The van der Waals surface area contributed by atoms with Gasteiger partial charge in [-0.2, -0.15) is 0 Å². The van der Waals surface area contributed by atoms with Gasteiger partial charge in [0.2, 0.25) is 10.0 Å². The number of rotatable bonds is 2. The lowest BCUT2D eigenvalue weighted by molar-refractivity contribution is -0.145. The largest absolute Gasteiger partial charge is 0.487 e. The van der Waals surface area contributed by atoms with Gasteiger partial charge < -0.3 is 19.8 Å². The van der Waals surface area contributed by atoms with Crippen molar-refractivity contribution in [1.82, 2.24) is 4.72 Å². The molecule has 0 saturated heterocycles. The molecule has 2 aliphatic heterocycles. The number of ether oxygens (including phenoxy) is 1. The molecule has 3 N–H and O–H groups in total. The van der Waals surface area contributed by atoms with Crippen LogP contribution in [0.2, 0.25) is 5.02 Å². The highest BCUT2D eigenvalue weighted by molar-refractivity contribution is 7.90. The summed E-state index contributed by atoms with van der Waals surface area (Å²) in [5.41, 5.74) is 1.42. The molecule has 1 saturated carbocycles. The SMILES string of the molecule is C[C@@H]1[C@@H](C)C/C=C/[C@@](O)(CC(=O)O)[C@@H]2CC[C@H]2CN2CCCCc3cc(Cl)ccc3COc3ccc(cc32)C(=O)NS1(=O)=O. The van der Waals surface area contributed by atoms with Gasteiger partial charge in [0.25, 0.3) is 5.91 Å². The minimum atomic E-state index is -4.04. The molecule has 2 heterocycles. The average Bonchev–Trinajstić information content (AvgIpc) is 2.96. The summed E-state index contributed by atoms with van der Waals surface area (Å²) in [6.07, 6.45) is 7.13. The average molecular weight is 645 g/mol. The first kappa shape index (κ1) is 32.3. The lowest BCUT2D eigenvalue weighted by atomic mass is 9.63. The van der Waals surface area contributed by atoms with E-state index in [-0.39, 0.29) is 24.0 Å². The molecule has 5 atom stereocenters. The smallest absolute Gasteiger partial charge is 0.306 e. The molecule has 238 valence electrons. The Morgan fingerprint density at radius 3 is 2.66 bits per heavy atom. The molecule has 44 heavy (non-hydrogen) atoms. The maximum atomic E-state index is 13.3. The van der Waals surface area contributed by atoms with Gasteiger partial charge in [0, 0.05) is 23.7 Å². The number of halogens is 1. The Labute approximate surface area is 264 Å². The summed E-state index contributed by atoms with van der Waals surface area (Å²) in [7, 11) is -4.04. The van der Waals surface area contributed by atoms with Crippen molar-refractivity contribution >= 4 is 39.2 Å². The van der Waals surface area contributed by atoms with Crippen LogP contribution < -0.4 is 14.4 Å². The molecule has 2 aromatic rings. The molecule has 5 rings (SSSR count). The Kier molecular flexibility index (Phi) is 9.63. The van der Waals surface area contributed by atoms with Crippen LogP contribution in [0.1, 0.15) is 73.9 Å². The van der Waals surface area contributed by atoms with Gasteiger partial charge in [0.15, 0.2) is 0 Å². The molecule has 0 unspecified atom stereocenters. The highest BCUT2D eigenvalue weighted by atomic mass is 35.5. The van der Waals surface area contributed by atoms with E-state index in [9.17, 15) is 28.2 Å². The quantitative estimate of drug-likeness (QED) is 0.373. The number of nitrogens with one attached hydrogen (secondary N) is 1. The second-order valence-corrected chi connectivity index (χ2v) is 15.1. The highest BCUT2D eigenvalue weighted by Gasteiger charge is 2.47. The van der Waals surface area contributed by atoms with E-state index in [1.807, 2.05) is 18.2 Å². The lowest BCUT2D eigenvalue weighted by Crippen LogP contribution is -2.51. The van der Waals surface area contributed by atoms with Crippen molar-refractivity contribution in [3.05, 3.63) is 70.3 Å². The third kappa shape index (κ3) is 7.08. The number of carboxylic acid groups (broad SMARTS) is 1. The van der Waals surface area contributed by atoms with Crippen molar-refractivity contribution in [3.63, 3.8) is 0 Å². The fraction of sp³-hybridized carbons (Fsp3) is 0.515. The number of nitrogens with zero attached hydrogens (tertiary/aromatic N) is 1. The fourth-order valence-corrected chi connectivity index (χ4v) is 8.11. The number of aryl methyl sites for hydroxylation is 1. The Balaban J connectivity index is 1.58. The zero-order valence-electron chi connectivity index (χ0n) is 25.2. The number of carbonyl (C=O) groups excluding carboxylic acids is 1. The number of aliphatic carboxylic acids is 1. The summed E-state index contributed by atoms with van der Waals surface area (Å²) in [6, 6.07) is 10.7. The third-order valence-electron chi connectivity index (χ3n) is 9.63. The zero-order valence-corrected chi connectivity index (χ0v) is 26.7. The summed E-state index contributed by atoms with van der Waals surface area (Å²) < 4.78 is 35.1. The first-order valence-corrected chi connectivity index (χ1v) is 17.3. The van der Waals surface area contributed by atoms with E-state index in [1.165, 1.54) is 0 Å². The Bertz CT molecular complexity index is 1540. The molecule has 2 bridgehead atoms. The van der Waals surface area contributed by atoms with Crippen molar-refractivity contribution in [3.8, 4) is 5.75 Å². The fourth-order valence-electron chi connectivity index (χ4n) is 6.63. The van der Waals surface area contributed by atoms with Crippen molar-refractivity contribution in [2.75, 3.05) is 18.0 Å². The minimum Gasteiger partial charge on any atom is -0.487 e. The summed E-state index contributed by atoms with van der Waals surface area (Å²) in [4.78, 5) is 27.4. The molecule has 0 radical (unpaired) electrons. The summed E-state index contributed by atoms with van der Waals surface area (Å²) in [5, 5.41) is 21.2. The van der Waals surface area contributed by atoms with Crippen LogP contribution in [0.3, 0.4) is 0 Å². The summed E-state index contributed by atoms with van der Waals surface area (Å²) in [5.74, 6) is -1.94. The van der Waals surface area contributed by atoms with Gasteiger partial charge in [-0.25, -0.2) is 13.1 Å². The van der Waals surface area contributed by atoms with E-state index < -0.39 is 45.1 Å². The lowest BCUT2D eigenvalue weighted by Gasteiger charge is -2.47. The van der Waals surface area contributed by atoms with Gasteiger partial charge in [0.05, 0.1) is 23.0 Å². The van der Waals surface area contributed by atoms with E-state index in [0.717, 1.165) is 36.8 Å². The van der Waals surface area contributed by atoms with Gasteiger partial charge in [-0.15, -0.1) is 0 Å². The van der Waals surface area contributed by atoms with Gasteiger partial charge in [0.1, 0.15) is 12.4 Å². The van der Waals surface area contributed by atoms with Gasteiger partial charge in [-0.05, 0) is 105 Å². The molecular formula is C33H41ClN2O7S. The number of hydrogen-bond acceptors (Lipinski definition) is 7. The Hall–Kier alpha value is -3.08. The van der Waals surface area contributed by atoms with Crippen molar-refractivity contribution in [2.45, 2.75) is 76.3 Å². The minimum absolute atomic E-state index is 0.0000882. The van der Waals surface area contributed by atoms with Crippen LogP contribution in [0, 0.1) is 17.8 Å². The van der Waals surface area contributed by atoms with E-state index in [1.54, 1.807) is 44.2 Å². The van der Waals surface area contributed by atoms with Crippen LogP contribution in [0.5, 0.6) is 5.75 Å². The summed E-state index contributed by atoms with van der Waals surface area (Å²) in [6.45, 7) is 4.73. The molecule has 2 aromatic carbocycles. The van der Waals surface area contributed by atoms with Crippen LogP contribution in [-0.4, -0.2) is 54.4 Å².